The van der Waals surface area contributed by atoms with Crippen molar-refractivity contribution in [2.75, 3.05) is 5.75 Å². The minimum absolute atomic E-state index is 0.0384. The summed E-state index contributed by atoms with van der Waals surface area (Å²) >= 11 is 1.39. The van der Waals surface area contributed by atoms with Crippen LogP contribution in [0.25, 0.3) is 17.2 Å². The van der Waals surface area contributed by atoms with Crippen LogP contribution in [0.3, 0.4) is 0 Å². The van der Waals surface area contributed by atoms with Crippen molar-refractivity contribution in [3.05, 3.63) is 53.7 Å². The van der Waals surface area contributed by atoms with Gasteiger partial charge in [0.05, 0.1) is 11.4 Å². The molecule has 138 valence electrons. The predicted molar refractivity (Wildman–Crippen MR) is 106 cm³/mol. The van der Waals surface area contributed by atoms with Crippen molar-refractivity contribution in [1.29, 1.82) is 0 Å². The average molecular weight is 379 g/mol. The van der Waals surface area contributed by atoms with Crippen LogP contribution in [0.4, 0.5) is 0 Å². The Kier molecular flexibility index (Phi) is 4.94. The van der Waals surface area contributed by atoms with Crippen molar-refractivity contribution in [3.63, 3.8) is 0 Å². The van der Waals surface area contributed by atoms with Crippen LogP contribution in [-0.2, 0) is 4.79 Å². The summed E-state index contributed by atoms with van der Waals surface area (Å²) in [7, 11) is 0. The molecular weight excluding hydrogens is 358 g/mol. The summed E-state index contributed by atoms with van der Waals surface area (Å²) in [5, 5.41) is 12.4. The second-order valence-corrected chi connectivity index (χ2v) is 7.70. The summed E-state index contributed by atoms with van der Waals surface area (Å²) in [5.74, 6) is 1.03. The van der Waals surface area contributed by atoms with Crippen LogP contribution < -0.4 is 5.32 Å². The molecule has 3 aromatic rings. The van der Waals surface area contributed by atoms with Gasteiger partial charge in [-0.1, -0.05) is 23.9 Å². The first-order valence-electron chi connectivity index (χ1n) is 8.98. The third-order valence-corrected chi connectivity index (χ3v) is 5.48. The van der Waals surface area contributed by atoms with Crippen LogP contribution in [-0.4, -0.2) is 37.5 Å². The zero-order valence-corrected chi connectivity index (χ0v) is 16.2. The maximum absolute atomic E-state index is 12.1. The van der Waals surface area contributed by atoms with E-state index in [9.17, 15) is 4.79 Å². The van der Waals surface area contributed by atoms with E-state index in [4.69, 9.17) is 0 Å². The van der Waals surface area contributed by atoms with Crippen molar-refractivity contribution in [1.82, 2.24) is 25.1 Å². The molecule has 6 nitrogen and oxygen atoms in total. The minimum Gasteiger partial charge on any atom is -0.353 e. The lowest BCUT2D eigenvalue weighted by Crippen LogP contribution is -2.27. The fraction of sp³-hybridized carbons (Fsp3) is 0.300. The monoisotopic (exact) mass is 379 g/mol. The van der Waals surface area contributed by atoms with Crippen molar-refractivity contribution >= 4 is 17.7 Å². The van der Waals surface area contributed by atoms with Gasteiger partial charge < -0.3 is 5.32 Å². The molecule has 0 unspecified atom stereocenters. The maximum atomic E-state index is 12.1. The highest BCUT2D eigenvalue weighted by atomic mass is 32.2. The van der Waals surface area contributed by atoms with Crippen molar-refractivity contribution in [2.45, 2.75) is 37.9 Å². The molecule has 1 fully saturated rings. The lowest BCUT2D eigenvalue weighted by Gasteiger charge is -2.12. The largest absolute Gasteiger partial charge is 0.353 e. The number of carbonyl (C=O) groups excluding carboxylic acids is 1. The summed E-state index contributed by atoms with van der Waals surface area (Å²) < 4.78 is 1.98. The maximum Gasteiger partial charge on any atom is 0.230 e. The molecule has 0 radical (unpaired) electrons. The van der Waals surface area contributed by atoms with Gasteiger partial charge in [-0.25, -0.2) is 0 Å². The highest BCUT2D eigenvalue weighted by Gasteiger charge is 2.24. The van der Waals surface area contributed by atoms with Crippen LogP contribution in [0, 0.1) is 13.8 Å². The number of aromatic nitrogens is 4. The number of nitrogens with one attached hydrogen (secondary N) is 1. The molecule has 7 heteroatoms. The van der Waals surface area contributed by atoms with Gasteiger partial charge in [0, 0.05) is 12.2 Å². The van der Waals surface area contributed by atoms with Gasteiger partial charge >= 0.3 is 0 Å². The van der Waals surface area contributed by atoms with Gasteiger partial charge in [0.1, 0.15) is 5.69 Å². The fourth-order valence-corrected chi connectivity index (χ4v) is 3.51. The molecule has 1 aliphatic carbocycles. The summed E-state index contributed by atoms with van der Waals surface area (Å²) in [4.78, 5) is 16.5. The van der Waals surface area contributed by atoms with Crippen LogP contribution in [0.1, 0.15) is 24.0 Å². The topological polar surface area (TPSA) is 72.7 Å². The number of nitrogens with zero attached hydrogens (tertiary/aromatic N) is 4. The number of carbonyl (C=O) groups is 1. The average Bonchev–Trinajstić information content (AvgIpc) is 3.38. The van der Waals surface area contributed by atoms with Gasteiger partial charge in [0.15, 0.2) is 11.0 Å². The van der Waals surface area contributed by atoms with E-state index in [1.165, 1.54) is 22.9 Å². The number of amides is 1. The third-order valence-electron chi connectivity index (χ3n) is 4.55. The Morgan fingerprint density at radius 2 is 2.04 bits per heavy atom. The van der Waals surface area contributed by atoms with Gasteiger partial charge in [-0.15, -0.1) is 10.2 Å². The molecule has 0 spiro atoms. The van der Waals surface area contributed by atoms with E-state index in [0.29, 0.717) is 22.8 Å². The lowest BCUT2D eigenvalue weighted by atomic mass is 10.1. The Balaban J connectivity index is 1.68. The zero-order valence-electron chi connectivity index (χ0n) is 15.3. The summed E-state index contributed by atoms with van der Waals surface area (Å²) in [6.07, 6.45) is 3.91. The summed E-state index contributed by atoms with van der Waals surface area (Å²) in [6.45, 7) is 4.17. The molecule has 0 saturated heterocycles. The number of rotatable bonds is 6. The lowest BCUT2D eigenvalue weighted by molar-refractivity contribution is -0.118. The summed E-state index contributed by atoms with van der Waals surface area (Å²) in [5.41, 5.74) is 4.13. The standard InChI is InChI=1S/C20H21N5OS/c1-13-6-9-16(11-14(13)2)25-19(17-5-3-4-10-21-17)23-24-20(25)27-12-18(26)22-15-7-8-15/h3-6,9-11,15H,7-8,12H2,1-2H3,(H,22,26). The van der Waals surface area contributed by atoms with E-state index >= 15 is 0 Å². The van der Waals surface area contributed by atoms with Crippen molar-refractivity contribution in [3.8, 4) is 17.2 Å². The van der Waals surface area contributed by atoms with Crippen LogP contribution >= 0.6 is 11.8 Å². The minimum atomic E-state index is 0.0384. The third kappa shape index (κ3) is 4.03. The van der Waals surface area contributed by atoms with Crippen molar-refractivity contribution < 1.29 is 4.79 Å². The van der Waals surface area contributed by atoms with Gasteiger partial charge in [0.2, 0.25) is 5.91 Å². The molecule has 1 aromatic carbocycles. The molecule has 0 aliphatic heterocycles. The molecular formula is C20H21N5OS. The van der Waals surface area contributed by atoms with E-state index in [2.05, 4.69) is 46.5 Å². The van der Waals surface area contributed by atoms with Gasteiger partial charge in [-0.05, 0) is 62.1 Å². The van der Waals surface area contributed by atoms with E-state index in [-0.39, 0.29) is 5.91 Å². The van der Waals surface area contributed by atoms with Gasteiger partial charge in [-0.3, -0.25) is 14.3 Å². The first-order valence-corrected chi connectivity index (χ1v) is 9.97. The van der Waals surface area contributed by atoms with Crippen LogP contribution in [0.2, 0.25) is 0 Å². The predicted octanol–water partition coefficient (Wildman–Crippen LogP) is 3.32. The molecule has 1 saturated carbocycles. The number of aryl methyl sites for hydroxylation is 2. The summed E-state index contributed by atoms with van der Waals surface area (Å²) in [6, 6.07) is 12.3. The molecule has 0 atom stereocenters. The molecule has 27 heavy (non-hydrogen) atoms. The number of pyridine rings is 1. The number of benzene rings is 1. The molecule has 4 rings (SSSR count). The quantitative estimate of drug-likeness (QED) is 0.665. The number of hydrogen-bond acceptors (Lipinski definition) is 5. The molecule has 0 bridgehead atoms. The zero-order chi connectivity index (χ0) is 18.8. The van der Waals surface area contributed by atoms with Gasteiger partial charge in [-0.2, -0.15) is 0 Å². The van der Waals surface area contributed by atoms with Crippen molar-refractivity contribution in [2.24, 2.45) is 0 Å². The van der Waals surface area contributed by atoms with Gasteiger partial charge in [0.25, 0.3) is 0 Å². The van der Waals surface area contributed by atoms with E-state index in [0.717, 1.165) is 24.2 Å². The Morgan fingerprint density at radius 1 is 1.19 bits per heavy atom. The molecule has 1 aliphatic rings. The molecule has 1 N–H and O–H groups in total. The Morgan fingerprint density at radius 3 is 2.74 bits per heavy atom. The second kappa shape index (κ2) is 7.52. The second-order valence-electron chi connectivity index (χ2n) is 6.76. The fourth-order valence-electron chi connectivity index (χ4n) is 2.75. The molecule has 2 heterocycles. The van der Waals surface area contributed by atoms with E-state index in [1.54, 1.807) is 6.20 Å². The van der Waals surface area contributed by atoms with E-state index < -0.39 is 0 Å². The molecule has 1 amide bonds. The smallest absolute Gasteiger partial charge is 0.230 e. The Hall–Kier alpha value is -2.67. The first-order chi connectivity index (χ1) is 13.1. The first kappa shape index (κ1) is 17.7. The number of hydrogen-bond donors (Lipinski definition) is 1. The normalized spacial score (nSPS) is 13.6. The highest BCUT2D eigenvalue weighted by molar-refractivity contribution is 7.99. The number of thioether (sulfide) groups is 1. The highest BCUT2D eigenvalue weighted by Crippen LogP contribution is 2.28. The molecule has 2 aromatic heterocycles. The van der Waals surface area contributed by atoms with E-state index in [1.807, 2.05) is 28.8 Å². The Bertz CT molecular complexity index is 966. The van der Waals surface area contributed by atoms with Crippen LogP contribution in [0.5, 0.6) is 0 Å². The van der Waals surface area contributed by atoms with Crippen LogP contribution in [0.15, 0.2) is 47.8 Å². The SMILES string of the molecule is Cc1ccc(-n2c(SCC(=O)NC3CC3)nnc2-c2ccccn2)cc1C. The Labute approximate surface area is 162 Å².